The van der Waals surface area contributed by atoms with E-state index in [4.69, 9.17) is 4.98 Å². The minimum Gasteiger partial charge on any atom is -0.353 e. The van der Waals surface area contributed by atoms with Gasteiger partial charge in [0.05, 0.1) is 16.3 Å². The van der Waals surface area contributed by atoms with E-state index in [9.17, 15) is 4.79 Å². The minimum absolute atomic E-state index is 0.127. The topological polar surface area (TPSA) is 42.0 Å². The molecule has 3 nitrogen and oxygen atoms in total. The van der Waals surface area contributed by atoms with Crippen molar-refractivity contribution in [3.05, 3.63) is 34.9 Å². The molecule has 4 heteroatoms. The van der Waals surface area contributed by atoms with Crippen LogP contribution in [-0.2, 0) is 4.79 Å². The molecule has 1 aromatic carbocycles. The van der Waals surface area contributed by atoms with Gasteiger partial charge in [-0.2, -0.15) is 0 Å². The molecule has 1 fully saturated rings. The van der Waals surface area contributed by atoms with Crippen molar-refractivity contribution in [3.63, 3.8) is 0 Å². The van der Waals surface area contributed by atoms with E-state index in [0.29, 0.717) is 11.8 Å². The van der Waals surface area contributed by atoms with Gasteiger partial charge >= 0.3 is 0 Å². The number of benzene rings is 1. The molecule has 0 aliphatic heterocycles. The molecule has 0 unspecified atom stereocenters. The molecule has 1 aromatic heterocycles. The first-order chi connectivity index (χ1) is 11.0. The van der Waals surface area contributed by atoms with Gasteiger partial charge in [0.25, 0.3) is 0 Å². The Hall–Kier alpha value is -1.55. The van der Waals surface area contributed by atoms with Gasteiger partial charge in [0.2, 0.25) is 5.91 Å². The normalized spacial score (nSPS) is 15.3. The largest absolute Gasteiger partial charge is 0.353 e. The fraction of sp³-hybridized carbons (Fsp3) is 0.474. The summed E-state index contributed by atoms with van der Waals surface area (Å²) in [5, 5.41) is 5.28. The molecule has 1 aliphatic carbocycles. The zero-order valence-corrected chi connectivity index (χ0v) is 14.9. The summed E-state index contributed by atoms with van der Waals surface area (Å²) in [7, 11) is 0. The van der Waals surface area contributed by atoms with Gasteiger partial charge in [-0.3, -0.25) is 4.79 Å². The summed E-state index contributed by atoms with van der Waals surface area (Å²) < 4.78 is 0. The SMILES string of the molecule is Cc1cc(C)c2nc(SCC(=O)NC3CCCC3)cc(C)c2c1. The molecule has 0 radical (unpaired) electrons. The summed E-state index contributed by atoms with van der Waals surface area (Å²) in [4.78, 5) is 16.8. The summed E-state index contributed by atoms with van der Waals surface area (Å²) in [5.74, 6) is 0.571. The smallest absolute Gasteiger partial charge is 0.230 e. The summed E-state index contributed by atoms with van der Waals surface area (Å²) in [6.45, 7) is 6.33. The third-order valence-electron chi connectivity index (χ3n) is 4.50. The summed E-state index contributed by atoms with van der Waals surface area (Å²) in [6, 6.07) is 6.83. The molecule has 1 amide bonds. The van der Waals surface area contributed by atoms with E-state index in [-0.39, 0.29) is 5.91 Å². The molecular weight excluding hydrogens is 304 g/mol. The predicted molar refractivity (Wildman–Crippen MR) is 97.1 cm³/mol. The number of pyridine rings is 1. The molecule has 23 heavy (non-hydrogen) atoms. The fourth-order valence-electron chi connectivity index (χ4n) is 3.37. The Morgan fingerprint density at radius 3 is 2.65 bits per heavy atom. The highest BCUT2D eigenvalue weighted by Gasteiger charge is 2.17. The fourth-order valence-corrected chi connectivity index (χ4v) is 4.15. The number of nitrogens with one attached hydrogen (secondary N) is 1. The van der Waals surface area contributed by atoms with Gasteiger partial charge in [-0.05, 0) is 56.9 Å². The van der Waals surface area contributed by atoms with Crippen molar-refractivity contribution in [2.75, 3.05) is 5.75 Å². The van der Waals surface area contributed by atoms with Crippen LogP contribution in [0.1, 0.15) is 42.4 Å². The first-order valence-corrected chi connectivity index (χ1v) is 9.32. The van der Waals surface area contributed by atoms with Crippen LogP contribution in [0, 0.1) is 20.8 Å². The van der Waals surface area contributed by atoms with Crippen molar-refractivity contribution >= 4 is 28.6 Å². The average Bonchev–Trinajstić information content (AvgIpc) is 2.99. The van der Waals surface area contributed by atoms with Crippen molar-refractivity contribution in [3.8, 4) is 0 Å². The molecule has 0 atom stereocenters. The summed E-state index contributed by atoms with van der Waals surface area (Å²) in [5.41, 5.74) is 4.73. The van der Waals surface area contributed by atoms with Crippen molar-refractivity contribution < 1.29 is 4.79 Å². The predicted octanol–water partition coefficient (Wildman–Crippen LogP) is 4.31. The Labute approximate surface area is 142 Å². The second kappa shape index (κ2) is 6.91. The van der Waals surface area contributed by atoms with E-state index in [2.05, 4.69) is 44.3 Å². The van der Waals surface area contributed by atoms with Gasteiger partial charge in [-0.1, -0.05) is 36.2 Å². The van der Waals surface area contributed by atoms with Crippen LogP contribution in [0.15, 0.2) is 23.2 Å². The van der Waals surface area contributed by atoms with Crippen LogP contribution >= 0.6 is 11.8 Å². The third-order valence-corrected chi connectivity index (χ3v) is 5.41. The number of thioether (sulfide) groups is 1. The second-order valence-electron chi connectivity index (χ2n) is 6.59. The lowest BCUT2D eigenvalue weighted by Crippen LogP contribution is -2.33. The molecule has 0 spiro atoms. The van der Waals surface area contributed by atoms with Crippen LogP contribution in [0.5, 0.6) is 0 Å². The number of hydrogen-bond donors (Lipinski definition) is 1. The molecule has 3 rings (SSSR count). The van der Waals surface area contributed by atoms with Gasteiger partial charge in [-0.25, -0.2) is 4.98 Å². The minimum atomic E-state index is 0.127. The van der Waals surface area contributed by atoms with Crippen molar-refractivity contribution in [2.24, 2.45) is 0 Å². The number of hydrogen-bond acceptors (Lipinski definition) is 3. The Morgan fingerprint density at radius 1 is 1.17 bits per heavy atom. The maximum Gasteiger partial charge on any atom is 0.230 e. The molecule has 1 saturated carbocycles. The van der Waals surface area contributed by atoms with Crippen LogP contribution < -0.4 is 5.32 Å². The van der Waals surface area contributed by atoms with Crippen LogP contribution in [0.2, 0.25) is 0 Å². The van der Waals surface area contributed by atoms with Crippen molar-refractivity contribution in [1.29, 1.82) is 0 Å². The number of aromatic nitrogens is 1. The number of carbonyl (C=O) groups excluding carboxylic acids is 1. The summed E-state index contributed by atoms with van der Waals surface area (Å²) in [6.07, 6.45) is 4.73. The second-order valence-corrected chi connectivity index (χ2v) is 7.59. The maximum absolute atomic E-state index is 12.1. The van der Waals surface area contributed by atoms with Crippen LogP contribution in [-0.4, -0.2) is 22.7 Å². The first kappa shape index (κ1) is 16.3. The van der Waals surface area contributed by atoms with Crippen LogP contribution in [0.4, 0.5) is 0 Å². The van der Waals surface area contributed by atoms with Gasteiger partial charge < -0.3 is 5.32 Å². The van der Waals surface area contributed by atoms with Crippen LogP contribution in [0.25, 0.3) is 10.9 Å². The standard InChI is InChI=1S/C19H24N2OS/c1-12-8-14(3)19-16(9-12)13(2)10-18(21-19)23-11-17(22)20-15-6-4-5-7-15/h8-10,15H,4-7,11H2,1-3H3,(H,20,22). The van der Waals surface area contributed by atoms with Gasteiger partial charge in [0, 0.05) is 11.4 Å². The molecule has 0 saturated heterocycles. The zero-order chi connectivity index (χ0) is 16.4. The highest BCUT2D eigenvalue weighted by Crippen LogP contribution is 2.27. The molecule has 1 N–H and O–H groups in total. The highest BCUT2D eigenvalue weighted by molar-refractivity contribution is 7.99. The van der Waals surface area contributed by atoms with Crippen LogP contribution in [0.3, 0.4) is 0 Å². The number of fused-ring (bicyclic) bond motifs is 1. The number of amides is 1. The van der Waals surface area contributed by atoms with Crippen molar-refractivity contribution in [2.45, 2.75) is 57.5 Å². The summed E-state index contributed by atoms with van der Waals surface area (Å²) >= 11 is 1.53. The van der Waals surface area contributed by atoms with E-state index >= 15 is 0 Å². The number of nitrogens with zero attached hydrogens (tertiary/aromatic N) is 1. The monoisotopic (exact) mass is 328 g/mol. The van der Waals surface area contributed by atoms with E-state index in [0.717, 1.165) is 23.4 Å². The molecule has 1 heterocycles. The Balaban J connectivity index is 1.71. The number of rotatable bonds is 4. The van der Waals surface area contributed by atoms with Crippen molar-refractivity contribution in [1.82, 2.24) is 10.3 Å². The van der Waals surface area contributed by atoms with E-state index in [1.165, 1.54) is 46.7 Å². The average molecular weight is 328 g/mol. The lowest BCUT2D eigenvalue weighted by molar-refractivity contribution is -0.119. The first-order valence-electron chi connectivity index (χ1n) is 8.33. The van der Waals surface area contributed by atoms with Gasteiger partial charge in [0.1, 0.15) is 0 Å². The Morgan fingerprint density at radius 2 is 1.91 bits per heavy atom. The highest BCUT2D eigenvalue weighted by atomic mass is 32.2. The molecule has 122 valence electrons. The molecule has 2 aromatic rings. The Kier molecular flexibility index (Phi) is 4.90. The zero-order valence-electron chi connectivity index (χ0n) is 14.1. The Bertz CT molecular complexity index is 736. The maximum atomic E-state index is 12.1. The number of carbonyl (C=O) groups is 1. The number of aryl methyl sites for hydroxylation is 3. The lowest BCUT2D eigenvalue weighted by atomic mass is 10.0. The van der Waals surface area contributed by atoms with E-state index in [1.54, 1.807) is 0 Å². The van der Waals surface area contributed by atoms with Gasteiger partial charge in [0.15, 0.2) is 0 Å². The molecule has 0 bridgehead atoms. The van der Waals surface area contributed by atoms with E-state index < -0.39 is 0 Å². The van der Waals surface area contributed by atoms with E-state index in [1.807, 2.05) is 0 Å². The molecule has 1 aliphatic rings. The quantitative estimate of drug-likeness (QED) is 0.850. The van der Waals surface area contributed by atoms with Gasteiger partial charge in [-0.15, -0.1) is 0 Å². The third kappa shape index (κ3) is 3.86. The lowest BCUT2D eigenvalue weighted by Gasteiger charge is -2.12. The molecular formula is C19H24N2OS.